The Bertz CT molecular complexity index is 901. The normalized spacial score (nSPS) is 19.0. The zero-order valence-electron chi connectivity index (χ0n) is 18.7. The standard InChI is InChI=1S/C23H32N4O3/c1-14(2)19(26-22(29)30-6)21(28)27-13-23(4,5)11-18(27)20-24-12-17(25-20)16-9-7-15(3)8-10-16/h7-10,12,14,18-19H,11,13H2,1-6H3,(H,24,25)(H,26,29)/t18-,19-/m0/s1. The molecule has 0 bridgehead atoms. The SMILES string of the molecule is COC(=O)N[C@H](C(=O)N1CC(C)(C)C[C@H]1c1ncc(-c2ccc(C)cc2)[nH]1)C(C)C. The summed E-state index contributed by atoms with van der Waals surface area (Å²) in [4.78, 5) is 35.1. The van der Waals surface area contributed by atoms with Crippen molar-refractivity contribution in [3.8, 4) is 11.3 Å². The number of amides is 2. The number of ether oxygens (including phenoxy) is 1. The van der Waals surface area contributed by atoms with Crippen molar-refractivity contribution in [2.75, 3.05) is 13.7 Å². The number of benzene rings is 1. The number of rotatable bonds is 5. The molecule has 30 heavy (non-hydrogen) atoms. The number of aryl methyl sites for hydroxylation is 1. The first-order chi connectivity index (χ1) is 14.1. The Balaban J connectivity index is 1.88. The number of aromatic nitrogens is 2. The maximum atomic E-state index is 13.4. The van der Waals surface area contributed by atoms with Gasteiger partial charge in [0, 0.05) is 6.54 Å². The minimum atomic E-state index is -0.652. The number of imidazole rings is 1. The van der Waals surface area contributed by atoms with E-state index in [0.29, 0.717) is 6.54 Å². The van der Waals surface area contributed by atoms with E-state index in [1.54, 1.807) is 0 Å². The van der Waals surface area contributed by atoms with Crippen LogP contribution in [0.3, 0.4) is 0 Å². The molecule has 0 saturated carbocycles. The van der Waals surface area contributed by atoms with E-state index in [4.69, 9.17) is 4.74 Å². The molecule has 2 amide bonds. The molecule has 0 aliphatic carbocycles. The summed E-state index contributed by atoms with van der Waals surface area (Å²) in [7, 11) is 1.30. The van der Waals surface area contributed by atoms with Crippen LogP contribution in [0, 0.1) is 18.3 Å². The molecule has 2 N–H and O–H groups in total. The van der Waals surface area contributed by atoms with Crippen molar-refractivity contribution in [2.45, 2.75) is 53.1 Å². The summed E-state index contributed by atoms with van der Waals surface area (Å²) in [6, 6.07) is 7.42. The quantitative estimate of drug-likeness (QED) is 0.775. The number of likely N-dealkylation sites (tertiary alicyclic amines) is 1. The van der Waals surface area contributed by atoms with Gasteiger partial charge >= 0.3 is 6.09 Å². The number of hydrogen-bond donors (Lipinski definition) is 2. The number of aromatic amines is 1. The number of methoxy groups -OCH3 is 1. The molecular formula is C23H32N4O3. The summed E-state index contributed by atoms with van der Waals surface area (Å²) in [6.07, 6.45) is 2.01. The number of carbonyl (C=O) groups is 2. The Labute approximate surface area is 178 Å². The Morgan fingerprint density at radius 2 is 1.93 bits per heavy atom. The second-order valence-electron chi connectivity index (χ2n) is 9.26. The first kappa shape index (κ1) is 21.9. The molecule has 7 nitrogen and oxygen atoms in total. The van der Waals surface area contributed by atoms with Crippen LogP contribution in [0.1, 0.15) is 51.5 Å². The number of nitrogens with zero attached hydrogens (tertiary/aromatic N) is 2. The van der Waals surface area contributed by atoms with Gasteiger partial charge < -0.3 is 19.9 Å². The Hall–Kier alpha value is -2.83. The van der Waals surface area contributed by atoms with Crippen LogP contribution in [-0.4, -0.2) is 46.6 Å². The number of H-pyrrole nitrogens is 1. The van der Waals surface area contributed by atoms with Gasteiger partial charge in [-0.1, -0.05) is 57.5 Å². The average Bonchev–Trinajstić information content (AvgIpc) is 3.30. The maximum Gasteiger partial charge on any atom is 0.407 e. The third-order valence-corrected chi connectivity index (χ3v) is 5.67. The number of carbonyl (C=O) groups excluding carboxylic acids is 2. The Kier molecular flexibility index (Phi) is 6.19. The van der Waals surface area contributed by atoms with Crippen LogP contribution in [0.25, 0.3) is 11.3 Å². The Morgan fingerprint density at radius 3 is 2.53 bits per heavy atom. The zero-order chi connectivity index (χ0) is 22.1. The van der Waals surface area contributed by atoms with Crippen LogP contribution in [0.2, 0.25) is 0 Å². The van der Waals surface area contributed by atoms with Crippen LogP contribution in [0.4, 0.5) is 4.79 Å². The molecule has 1 aliphatic rings. The third-order valence-electron chi connectivity index (χ3n) is 5.67. The van der Waals surface area contributed by atoms with E-state index in [1.807, 2.05) is 24.9 Å². The summed E-state index contributed by atoms with van der Waals surface area (Å²) in [5, 5.41) is 2.70. The lowest BCUT2D eigenvalue weighted by molar-refractivity contribution is -0.135. The molecule has 2 atom stereocenters. The number of alkyl carbamates (subject to hydrolysis) is 1. The van der Waals surface area contributed by atoms with Crippen LogP contribution >= 0.6 is 0 Å². The molecule has 1 aliphatic heterocycles. The van der Waals surface area contributed by atoms with Gasteiger partial charge in [0.15, 0.2) is 0 Å². The van der Waals surface area contributed by atoms with Crippen molar-refractivity contribution in [3.63, 3.8) is 0 Å². The highest BCUT2D eigenvalue weighted by atomic mass is 16.5. The highest BCUT2D eigenvalue weighted by Gasteiger charge is 2.44. The fourth-order valence-electron chi connectivity index (χ4n) is 4.01. The van der Waals surface area contributed by atoms with Gasteiger partial charge in [-0.05, 0) is 30.2 Å². The number of hydrogen-bond acceptors (Lipinski definition) is 4. The predicted octanol–water partition coefficient (Wildman–Crippen LogP) is 4.07. The van der Waals surface area contributed by atoms with Gasteiger partial charge in [-0.15, -0.1) is 0 Å². The molecule has 2 heterocycles. The first-order valence-electron chi connectivity index (χ1n) is 10.4. The summed E-state index contributed by atoms with van der Waals surface area (Å²) < 4.78 is 4.72. The molecule has 7 heteroatoms. The lowest BCUT2D eigenvalue weighted by atomic mass is 9.90. The van der Waals surface area contributed by atoms with Crippen LogP contribution in [-0.2, 0) is 9.53 Å². The van der Waals surface area contributed by atoms with E-state index in [0.717, 1.165) is 23.5 Å². The monoisotopic (exact) mass is 412 g/mol. The summed E-state index contributed by atoms with van der Waals surface area (Å²) in [6.45, 7) is 10.8. The molecule has 0 unspecified atom stereocenters. The van der Waals surface area contributed by atoms with Gasteiger partial charge in [-0.25, -0.2) is 9.78 Å². The van der Waals surface area contributed by atoms with Crippen molar-refractivity contribution in [1.82, 2.24) is 20.2 Å². The summed E-state index contributed by atoms with van der Waals surface area (Å²) in [5.41, 5.74) is 3.13. The van der Waals surface area contributed by atoms with Crippen molar-refractivity contribution >= 4 is 12.0 Å². The molecule has 162 valence electrons. The van der Waals surface area contributed by atoms with Gasteiger partial charge in [-0.3, -0.25) is 4.79 Å². The third kappa shape index (κ3) is 4.66. The molecule has 1 aromatic heterocycles. The minimum Gasteiger partial charge on any atom is -0.453 e. The highest BCUT2D eigenvalue weighted by Crippen LogP contribution is 2.42. The van der Waals surface area contributed by atoms with E-state index in [-0.39, 0.29) is 23.3 Å². The van der Waals surface area contributed by atoms with Crippen LogP contribution in [0.15, 0.2) is 30.5 Å². The fourth-order valence-corrected chi connectivity index (χ4v) is 4.01. The summed E-state index contributed by atoms with van der Waals surface area (Å²) in [5.74, 6) is 0.588. The maximum absolute atomic E-state index is 13.4. The van der Waals surface area contributed by atoms with E-state index >= 15 is 0 Å². The molecule has 1 aromatic carbocycles. The molecule has 0 spiro atoms. The predicted molar refractivity (Wildman–Crippen MR) is 116 cm³/mol. The first-order valence-corrected chi connectivity index (χ1v) is 10.4. The lowest BCUT2D eigenvalue weighted by Crippen LogP contribution is -2.51. The van der Waals surface area contributed by atoms with Crippen molar-refractivity contribution in [3.05, 3.63) is 41.9 Å². The lowest BCUT2D eigenvalue weighted by Gasteiger charge is -2.30. The fraction of sp³-hybridized carbons (Fsp3) is 0.522. The zero-order valence-corrected chi connectivity index (χ0v) is 18.7. The number of nitrogens with one attached hydrogen (secondary N) is 2. The molecule has 3 rings (SSSR count). The topological polar surface area (TPSA) is 87.3 Å². The van der Waals surface area contributed by atoms with Crippen molar-refractivity contribution < 1.29 is 14.3 Å². The van der Waals surface area contributed by atoms with Crippen molar-refractivity contribution in [2.24, 2.45) is 11.3 Å². The molecule has 0 radical (unpaired) electrons. The van der Waals surface area contributed by atoms with Gasteiger partial charge in [0.05, 0.1) is 25.0 Å². The van der Waals surface area contributed by atoms with Crippen molar-refractivity contribution in [1.29, 1.82) is 0 Å². The van der Waals surface area contributed by atoms with Gasteiger partial charge in [0.2, 0.25) is 5.91 Å². The van der Waals surface area contributed by atoms with Crippen LogP contribution in [0.5, 0.6) is 0 Å². The Morgan fingerprint density at radius 1 is 1.27 bits per heavy atom. The molecule has 1 saturated heterocycles. The van der Waals surface area contributed by atoms with Gasteiger partial charge in [-0.2, -0.15) is 0 Å². The van der Waals surface area contributed by atoms with E-state index in [9.17, 15) is 9.59 Å². The minimum absolute atomic E-state index is 0.0517. The molecule has 1 fully saturated rings. The smallest absolute Gasteiger partial charge is 0.407 e. The van der Waals surface area contributed by atoms with Gasteiger partial charge in [0.1, 0.15) is 11.9 Å². The second-order valence-corrected chi connectivity index (χ2v) is 9.26. The van der Waals surface area contributed by atoms with E-state index in [2.05, 4.69) is 60.3 Å². The molecular weight excluding hydrogens is 380 g/mol. The highest BCUT2D eigenvalue weighted by molar-refractivity contribution is 5.86. The van der Waals surface area contributed by atoms with E-state index < -0.39 is 12.1 Å². The summed E-state index contributed by atoms with van der Waals surface area (Å²) >= 11 is 0. The van der Waals surface area contributed by atoms with Crippen LogP contribution < -0.4 is 5.32 Å². The average molecular weight is 413 g/mol. The van der Waals surface area contributed by atoms with Gasteiger partial charge in [0.25, 0.3) is 0 Å². The molecule has 2 aromatic rings. The second kappa shape index (κ2) is 8.50. The largest absolute Gasteiger partial charge is 0.453 e. The van der Waals surface area contributed by atoms with E-state index in [1.165, 1.54) is 12.7 Å².